The van der Waals surface area contributed by atoms with Gasteiger partial charge in [0.15, 0.2) is 0 Å². The van der Waals surface area contributed by atoms with Gasteiger partial charge in [-0.15, -0.1) is 4.40 Å². The van der Waals surface area contributed by atoms with Crippen molar-refractivity contribution in [2.24, 2.45) is 15.1 Å². The van der Waals surface area contributed by atoms with Crippen LogP contribution < -0.4 is 11.1 Å². The number of amides is 2. The van der Waals surface area contributed by atoms with E-state index in [4.69, 9.17) is 15.2 Å². The van der Waals surface area contributed by atoms with Crippen LogP contribution in [0.3, 0.4) is 0 Å². The molecule has 0 spiro atoms. The largest absolute Gasteiger partial charge is 0.444 e. The highest BCUT2D eigenvalue weighted by molar-refractivity contribution is 7.90. The molecule has 1 saturated heterocycles. The highest BCUT2D eigenvalue weighted by atomic mass is 32.2. The minimum absolute atomic E-state index is 0.00640. The van der Waals surface area contributed by atoms with Crippen LogP contribution in [0.4, 0.5) is 24.1 Å². The normalized spacial score (nSPS) is 18.2. The monoisotopic (exact) mass is 836 g/mol. The fourth-order valence-corrected chi connectivity index (χ4v) is 8.36. The lowest BCUT2D eigenvalue weighted by molar-refractivity contribution is 0.0267. The maximum atomic E-state index is 16.2. The molecule has 0 saturated carbocycles. The number of hydrogen-bond donors (Lipinski definition) is 3. The third kappa shape index (κ3) is 9.66. The highest BCUT2D eigenvalue weighted by Crippen LogP contribution is 2.52. The Morgan fingerprint density at radius 1 is 0.983 bits per heavy atom. The quantitative estimate of drug-likeness (QED) is 0.104. The number of anilines is 1. The number of nitrogens with two attached hydrogens (primary N) is 1. The van der Waals surface area contributed by atoms with Crippen molar-refractivity contribution in [3.63, 3.8) is 0 Å². The lowest BCUT2D eigenvalue weighted by Crippen LogP contribution is -2.40. The van der Waals surface area contributed by atoms with E-state index in [0.717, 1.165) is 12.8 Å². The number of alkyl halides is 2. The van der Waals surface area contributed by atoms with E-state index in [2.05, 4.69) is 27.5 Å². The number of sulfonamides is 1. The molecule has 3 aromatic rings. The molecule has 6 rings (SSSR count). The molecular weight excluding hydrogens is 787 g/mol. The number of hydrogen-bond acceptors (Lipinski definition) is 10. The third-order valence-corrected chi connectivity index (χ3v) is 11.5. The van der Waals surface area contributed by atoms with Gasteiger partial charge >= 0.3 is 12.2 Å². The molecule has 310 valence electrons. The summed E-state index contributed by atoms with van der Waals surface area (Å²) in [7, 11) is -3.99. The van der Waals surface area contributed by atoms with Crippen LogP contribution >= 0.6 is 12.8 Å². The summed E-state index contributed by atoms with van der Waals surface area (Å²) in [6.07, 6.45) is 5.82. The second-order valence-electron chi connectivity index (χ2n) is 16.6. The van der Waals surface area contributed by atoms with Gasteiger partial charge in [-0.2, -0.15) is 17.2 Å². The van der Waals surface area contributed by atoms with Gasteiger partial charge in [0, 0.05) is 36.9 Å². The Bertz CT molecular complexity index is 2300. The Labute approximate surface area is 344 Å². The molecule has 3 aliphatic rings. The number of likely N-dealkylation sites (tertiary alicyclic amines) is 1. The van der Waals surface area contributed by atoms with Crippen molar-refractivity contribution in [1.82, 2.24) is 9.21 Å². The van der Waals surface area contributed by atoms with Crippen molar-refractivity contribution in [2.45, 2.75) is 108 Å². The number of thiol groups is 1. The van der Waals surface area contributed by atoms with E-state index in [1.807, 2.05) is 0 Å². The molecule has 2 amide bonds. The Balaban J connectivity index is 1.12. The lowest BCUT2D eigenvalue weighted by Gasteiger charge is -2.26. The van der Waals surface area contributed by atoms with Gasteiger partial charge < -0.3 is 25.4 Å². The standard InChI is InChI=1S/C42H50F2N6O6S2/c1-40(2,3)55-38(51)49-19-10-11-29(49)24-46-25-34(45)28-14-17-31-30-16-13-26(21-32(30)42(43,44)33(31)22-28)27-15-18-36-35(23-27)47-37(48-58(36,53)54)12-8-7-9-20-50(57)39(52)56-41(4,5)6/h13-18,21-25,29,57H,7-12,19-20,45H2,1-6H3,(H,47,48)/b34-25-,46-24+/t29-/m0/s1. The number of carbonyl (C=O) groups is 2. The molecule has 1 atom stereocenters. The Hall–Kier alpha value is -4.96. The molecule has 1 fully saturated rings. The summed E-state index contributed by atoms with van der Waals surface area (Å²) in [4.78, 5) is 30.7. The number of unbranched alkanes of at least 4 members (excludes halogenated alkanes) is 2. The van der Waals surface area contributed by atoms with Crippen LogP contribution in [0.5, 0.6) is 0 Å². The molecule has 58 heavy (non-hydrogen) atoms. The number of benzene rings is 3. The predicted molar refractivity (Wildman–Crippen MR) is 226 cm³/mol. The number of ether oxygens (including phenoxy) is 2. The molecule has 0 aromatic heterocycles. The molecule has 3 aromatic carbocycles. The molecule has 0 bridgehead atoms. The second kappa shape index (κ2) is 16.4. The number of nitrogens with zero attached hydrogens (tertiary/aromatic N) is 4. The molecule has 0 unspecified atom stereocenters. The van der Waals surface area contributed by atoms with Crippen molar-refractivity contribution in [3.8, 4) is 22.3 Å². The van der Waals surface area contributed by atoms with Crippen molar-refractivity contribution in [1.29, 1.82) is 0 Å². The fraction of sp³-hybridized carbons (Fsp3) is 0.429. The van der Waals surface area contributed by atoms with Crippen LogP contribution in [0.2, 0.25) is 0 Å². The van der Waals surface area contributed by atoms with Crippen LogP contribution in [0, 0.1) is 0 Å². The first kappa shape index (κ1) is 42.6. The van der Waals surface area contributed by atoms with E-state index < -0.39 is 39.3 Å². The number of aliphatic imine (C=N–C) groups is 1. The number of rotatable bonds is 10. The van der Waals surface area contributed by atoms with Gasteiger partial charge in [0.2, 0.25) is 0 Å². The smallest absolute Gasteiger partial charge is 0.420 e. The topological polar surface area (TPSA) is 156 Å². The van der Waals surface area contributed by atoms with Crippen LogP contribution in [0.15, 0.2) is 75.1 Å². The molecule has 3 N–H and O–H groups in total. The summed E-state index contributed by atoms with van der Waals surface area (Å²) in [5, 5.41) is 3.12. The maximum absolute atomic E-state index is 16.2. The molecule has 2 aliphatic heterocycles. The fourth-order valence-electron chi connectivity index (χ4n) is 7.02. The van der Waals surface area contributed by atoms with E-state index >= 15 is 8.78 Å². The number of carbonyl (C=O) groups excluding carboxylic acids is 2. The van der Waals surface area contributed by atoms with Gasteiger partial charge in [-0.3, -0.25) is 9.30 Å². The molecule has 1 aliphatic carbocycles. The minimum atomic E-state index is -3.99. The second-order valence-corrected chi connectivity index (χ2v) is 18.7. The average molecular weight is 837 g/mol. The van der Waals surface area contributed by atoms with Gasteiger partial charge in [0.25, 0.3) is 15.9 Å². The molecule has 0 radical (unpaired) electrons. The van der Waals surface area contributed by atoms with E-state index in [0.29, 0.717) is 72.3 Å². The lowest BCUT2D eigenvalue weighted by atomic mass is 9.98. The third-order valence-electron chi connectivity index (χ3n) is 9.73. The molecule has 16 heteroatoms. The van der Waals surface area contributed by atoms with Crippen molar-refractivity contribution >= 4 is 58.5 Å². The first-order valence-corrected chi connectivity index (χ1v) is 21.1. The summed E-state index contributed by atoms with van der Waals surface area (Å²) in [6, 6.07) is 13.9. The number of halogens is 2. The van der Waals surface area contributed by atoms with Gasteiger partial charge in [0.1, 0.15) is 21.9 Å². The van der Waals surface area contributed by atoms with E-state index in [9.17, 15) is 18.0 Å². The average Bonchev–Trinajstić information content (AvgIpc) is 3.69. The number of nitrogens with one attached hydrogen (secondary N) is 1. The summed E-state index contributed by atoms with van der Waals surface area (Å²) in [5.74, 6) is -3.07. The van der Waals surface area contributed by atoms with Gasteiger partial charge in [-0.25, -0.2) is 9.59 Å². The SMILES string of the molecule is CC(C)(C)OC(=O)N(S)CCCCCC1=NS(=O)(=O)c2ccc(-c3ccc4c(c3)C(F)(F)c3cc(/C(N)=C/N=C/[C@@H]5CCCN5C(=O)OC(C)(C)C)ccc3-4)cc2N1. The zero-order valence-corrected chi connectivity index (χ0v) is 35.2. The zero-order valence-electron chi connectivity index (χ0n) is 33.5. The van der Waals surface area contributed by atoms with Crippen LogP contribution in [0.25, 0.3) is 28.0 Å². The van der Waals surface area contributed by atoms with E-state index in [1.54, 1.807) is 89.1 Å². The highest BCUT2D eigenvalue weighted by Gasteiger charge is 2.45. The number of fused-ring (bicyclic) bond motifs is 4. The number of amidine groups is 1. The van der Waals surface area contributed by atoms with Crippen LogP contribution in [0.1, 0.15) is 96.8 Å². The maximum Gasteiger partial charge on any atom is 0.420 e. The van der Waals surface area contributed by atoms with Crippen LogP contribution in [-0.4, -0.2) is 72.2 Å². The van der Waals surface area contributed by atoms with Gasteiger partial charge in [0.05, 0.1) is 23.6 Å². The van der Waals surface area contributed by atoms with E-state index in [1.165, 1.54) is 28.7 Å². The Kier molecular flexibility index (Phi) is 12.0. The van der Waals surface area contributed by atoms with E-state index in [-0.39, 0.29) is 33.6 Å². The van der Waals surface area contributed by atoms with Gasteiger partial charge in [-0.05, 0) is 119 Å². The first-order chi connectivity index (χ1) is 27.1. The zero-order chi connectivity index (χ0) is 42.2. The molecule has 2 heterocycles. The summed E-state index contributed by atoms with van der Waals surface area (Å²) in [5.41, 5.74) is 7.39. The minimum Gasteiger partial charge on any atom is -0.444 e. The van der Waals surface area contributed by atoms with Gasteiger partial charge in [-0.1, -0.05) is 49.6 Å². The summed E-state index contributed by atoms with van der Waals surface area (Å²) < 4.78 is 74.7. The predicted octanol–water partition coefficient (Wildman–Crippen LogP) is 9.36. The van der Waals surface area contributed by atoms with Crippen molar-refractivity contribution in [3.05, 3.63) is 77.5 Å². The van der Waals surface area contributed by atoms with Crippen molar-refractivity contribution in [2.75, 3.05) is 18.4 Å². The summed E-state index contributed by atoms with van der Waals surface area (Å²) >= 11 is 4.21. The Morgan fingerprint density at radius 2 is 1.64 bits per heavy atom. The summed E-state index contributed by atoms with van der Waals surface area (Å²) in [6.45, 7) is 11.6. The first-order valence-electron chi connectivity index (χ1n) is 19.2. The van der Waals surface area contributed by atoms with Crippen molar-refractivity contribution < 1.29 is 36.3 Å². The Morgan fingerprint density at radius 3 is 2.34 bits per heavy atom. The molecular formula is C42H50F2N6O6S2. The van der Waals surface area contributed by atoms with Crippen LogP contribution in [-0.2, 0) is 25.4 Å². The molecule has 12 nitrogen and oxygen atoms in total.